The number of rotatable bonds is 15. The topological polar surface area (TPSA) is 82.1 Å². The molecule has 1 atom stereocenters. The fourth-order valence-corrected chi connectivity index (χ4v) is 3.00. The molecule has 33 heavy (non-hydrogen) atoms. The van der Waals surface area contributed by atoms with Crippen molar-refractivity contribution in [1.82, 2.24) is 0 Å². The highest BCUT2D eigenvalue weighted by Gasteiger charge is 2.26. The van der Waals surface area contributed by atoms with E-state index in [1.165, 1.54) is 0 Å². The summed E-state index contributed by atoms with van der Waals surface area (Å²) in [6.07, 6.45) is 3.46. The molecule has 186 valence electrons. The van der Waals surface area contributed by atoms with Gasteiger partial charge in [0, 0.05) is 12.7 Å². The summed E-state index contributed by atoms with van der Waals surface area (Å²) in [4.78, 5) is 23.7. The van der Waals surface area contributed by atoms with E-state index in [9.17, 15) is 14.7 Å². The minimum Gasteiger partial charge on any atom is -0.463 e. The van der Waals surface area contributed by atoms with Gasteiger partial charge in [-0.25, -0.2) is 9.59 Å². The van der Waals surface area contributed by atoms with Gasteiger partial charge in [0.1, 0.15) is 12.7 Å². The second-order valence-corrected chi connectivity index (χ2v) is 9.68. The first kappa shape index (κ1) is 28.9. The minimum atomic E-state index is -0.908. The van der Waals surface area contributed by atoms with Gasteiger partial charge in [-0.15, -0.1) is 0 Å². The van der Waals surface area contributed by atoms with Gasteiger partial charge in [-0.1, -0.05) is 54.2 Å². The number of hydrogen-bond donors (Lipinski definition) is 1. The van der Waals surface area contributed by atoms with Crippen LogP contribution in [0.3, 0.4) is 0 Å². The lowest BCUT2D eigenvalue weighted by molar-refractivity contribution is -0.137. The largest absolute Gasteiger partial charge is 0.463 e. The van der Waals surface area contributed by atoms with Crippen molar-refractivity contribution in [3.05, 3.63) is 47.5 Å². The molecule has 1 N–H and O–H groups in total. The molecular formula is C27H42O6. The highest BCUT2D eigenvalue weighted by molar-refractivity contribution is 5.90. The lowest BCUT2D eigenvalue weighted by Gasteiger charge is -2.29. The van der Waals surface area contributed by atoms with Gasteiger partial charge in [0.2, 0.25) is 0 Å². The summed E-state index contributed by atoms with van der Waals surface area (Å²) < 4.78 is 15.7. The Bertz CT molecular complexity index is 747. The van der Waals surface area contributed by atoms with Crippen LogP contribution in [0.15, 0.2) is 30.9 Å². The number of aliphatic hydroxyl groups excluding tert-OH is 1. The number of carbonyl (C=O) groups is 2. The van der Waals surface area contributed by atoms with Crippen LogP contribution in [0.4, 0.5) is 0 Å². The van der Waals surface area contributed by atoms with Crippen molar-refractivity contribution in [2.24, 2.45) is 0 Å². The first-order valence-electron chi connectivity index (χ1n) is 11.8. The fourth-order valence-electron chi connectivity index (χ4n) is 3.00. The molecule has 0 aliphatic carbocycles. The fraction of sp³-hybridized carbons (Fsp3) is 0.630. The average molecular weight is 463 g/mol. The molecule has 0 radical (unpaired) electrons. The first-order valence-corrected chi connectivity index (χ1v) is 11.8. The highest BCUT2D eigenvalue weighted by atomic mass is 16.5. The summed E-state index contributed by atoms with van der Waals surface area (Å²) >= 11 is 0. The van der Waals surface area contributed by atoms with E-state index < -0.39 is 18.0 Å². The normalized spacial score (nSPS) is 12.8. The molecule has 6 heteroatoms. The number of esters is 2. The van der Waals surface area contributed by atoms with Gasteiger partial charge in [0.05, 0.1) is 18.8 Å². The van der Waals surface area contributed by atoms with Gasteiger partial charge in [0.25, 0.3) is 0 Å². The molecular weight excluding hydrogens is 420 g/mol. The van der Waals surface area contributed by atoms with E-state index in [1.54, 1.807) is 0 Å². The molecule has 6 nitrogen and oxygen atoms in total. The van der Waals surface area contributed by atoms with Crippen LogP contribution in [0.5, 0.6) is 0 Å². The Balaban J connectivity index is 2.62. The summed E-state index contributed by atoms with van der Waals surface area (Å²) in [5.74, 6) is -0.887. The molecule has 1 unspecified atom stereocenters. The van der Waals surface area contributed by atoms with Crippen molar-refractivity contribution in [3.8, 4) is 0 Å². The maximum absolute atomic E-state index is 12.8. The molecule has 1 aromatic carbocycles. The van der Waals surface area contributed by atoms with Crippen LogP contribution in [0.1, 0.15) is 88.7 Å². The van der Waals surface area contributed by atoms with Crippen molar-refractivity contribution in [1.29, 1.82) is 0 Å². The van der Waals surface area contributed by atoms with Gasteiger partial charge in [-0.2, -0.15) is 0 Å². The van der Waals surface area contributed by atoms with E-state index >= 15 is 0 Å². The van der Waals surface area contributed by atoms with Crippen LogP contribution in [0.25, 0.3) is 0 Å². The molecule has 0 aliphatic rings. The van der Waals surface area contributed by atoms with Crippen LogP contribution in [0, 0.1) is 0 Å². The van der Waals surface area contributed by atoms with Gasteiger partial charge in [-0.3, -0.25) is 0 Å². The minimum absolute atomic E-state index is 0.0633. The Kier molecular flexibility index (Phi) is 11.8. The van der Waals surface area contributed by atoms with Crippen LogP contribution >= 0.6 is 0 Å². The van der Waals surface area contributed by atoms with Gasteiger partial charge < -0.3 is 19.3 Å². The quantitative estimate of drug-likeness (QED) is 0.222. The van der Waals surface area contributed by atoms with Crippen molar-refractivity contribution in [2.75, 3.05) is 26.4 Å². The number of aliphatic hydroxyl groups is 1. The molecule has 0 aromatic heterocycles. The molecule has 0 heterocycles. The summed E-state index contributed by atoms with van der Waals surface area (Å²) in [6.45, 7) is 16.9. The molecule has 1 aromatic rings. The number of unbranched alkanes of at least 4 members (excludes halogenated alkanes) is 1. The van der Waals surface area contributed by atoms with E-state index in [0.717, 1.165) is 30.0 Å². The van der Waals surface area contributed by atoms with Gasteiger partial charge in [-0.05, 0) is 59.8 Å². The highest BCUT2D eigenvalue weighted by Crippen LogP contribution is 2.34. The SMILES string of the molecule is C=CC(=O)OCCCCOCC(O)COC(=O)c1cc(C(C)(C)CC)cc(C(C)(C)CC)c1. The molecule has 0 aliphatic heterocycles. The zero-order valence-corrected chi connectivity index (χ0v) is 21.2. The van der Waals surface area contributed by atoms with Crippen LogP contribution in [-0.2, 0) is 29.8 Å². The predicted octanol–water partition coefficient (Wildman–Crippen LogP) is 5.11. The Hall–Kier alpha value is -2.18. The second kappa shape index (κ2) is 13.5. The molecule has 0 amide bonds. The van der Waals surface area contributed by atoms with Crippen LogP contribution < -0.4 is 0 Å². The van der Waals surface area contributed by atoms with Gasteiger partial charge >= 0.3 is 11.9 Å². The summed E-state index contributed by atoms with van der Waals surface area (Å²) in [5.41, 5.74) is 2.60. The van der Waals surface area contributed by atoms with Crippen molar-refractivity contribution < 1.29 is 28.9 Å². The molecule has 0 saturated heterocycles. The van der Waals surface area contributed by atoms with E-state index in [0.29, 0.717) is 31.6 Å². The maximum atomic E-state index is 12.8. The third-order valence-corrected chi connectivity index (χ3v) is 6.31. The van der Waals surface area contributed by atoms with Gasteiger partial charge in [0.15, 0.2) is 0 Å². The lowest BCUT2D eigenvalue weighted by Crippen LogP contribution is -2.25. The van der Waals surface area contributed by atoms with Crippen LogP contribution in [-0.4, -0.2) is 49.6 Å². The van der Waals surface area contributed by atoms with E-state index in [2.05, 4.69) is 54.2 Å². The smallest absolute Gasteiger partial charge is 0.338 e. The van der Waals surface area contributed by atoms with Crippen LogP contribution in [0.2, 0.25) is 0 Å². The number of ether oxygens (including phenoxy) is 3. The third-order valence-electron chi connectivity index (χ3n) is 6.31. The molecule has 0 bridgehead atoms. The number of carbonyl (C=O) groups excluding carboxylic acids is 2. The standard InChI is InChI=1S/C27H42O6/c1-8-24(29)32-14-12-11-13-31-18-23(28)19-33-25(30)20-15-21(26(4,5)9-2)17-22(16-20)27(6,7)10-3/h8,15-17,23,28H,1,9-14,18-19H2,2-7H3. The number of benzene rings is 1. The Morgan fingerprint density at radius 3 is 2.00 bits per heavy atom. The average Bonchev–Trinajstić information content (AvgIpc) is 2.81. The zero-order chi connectivity index (χ0) is 25.1. The van der Waals surface area contributed by atoms with E-state index in [-0.39, 0.29) is 24.0 Å². The first-order chi connectivity index (χ1) is 15.5. The van der Waals surface area contributed by atoms with E-state index in [4.69, 9.17) is 14.2 Å². The Labute approximate surface area is 199 Å². The third kappa shape index (κ3) is 9.68. The second-order valence-electron chi connectivity index (χ2n) is 9.68. The molecule has 0 spiro atoms. The summed E-state index contributed by atoms with van der Waals surface area (Å²) in [7, 11) is 0. The molecule has 1 rings (SSSR count). The maximum Gasteiger partial charge on any atom is 0.338 e. The molecule has 0 fully saturated rings. The van der Waals surface area contributed by atoms with Crippen molar-refractivity contribution in [3.63, 3.8) is 0 Å². The summed E-state index contributed by atoms with van der Waals surface area (Å²) in [5, 5.41) is 10.1. The Morgan fingerprint density at radius 2 is 1.48 bits per heavy atom. The molecule has 0 saturated carbocycles. The monoisotopic (exact) mass is 462 g/mol. The number of hydrogen-bond acceptors (Lipinski definition) is 6. The van der Waals surface area contributed by atoms with Crippen molar-refractivity contribution >= 4 is 11.9 Å². The van der Waals surface area contributed by atoms with E-state index in [1.807, 2.05) is 12.1 Å². The summed E-state index contributed by atoms with van der Waals surface area (Å²) in [6, 6.07) is 6.01. The van der Waals surface area contributed by atoms with Crippen molar-refractivity contribution in [2.45, 2.75) is 84.2 Å². The lowest BCUT2D eigenvalue weighted by atomic mass is 9.76. The zero-order valence-electron chi connectivity index (χ0n) is 21.2. The predicted molar refractivity (Wildman–Crippen MR) is 131 cm³/mol. The Morgan fingerprint density at radius 1 is 0.939 bits per heavy atom.